The summed E-state index contributed by atoms with van der Waals surface area (Å²) in [4.78, 5) is 27.0. The van der Waals surface area contributed by atoms with Gasteiger partial charge in [0.05, 0.1) is 7.11 Å². The lowest BCUT2D eigenvalue weighted by atomic mass is 10.1. The Morgan fingerprint density at radius 2 is 1.93 bits per heavy atom. The third-order valence-corrected chi connectivity index (χ3v) is 4.42. The molecule has 2 N–H and O–H groups in total. The Morgan fingerprint density at radius 1 is 1.11 bits per heavy atom. The molecule has 0 bridgehead atoms. The third kappa shape index (κ3) is 4.73. The fraction of sp³-hybridized carbons (Fsp3) is 0.238. The number of hydrogen-bond acceptors (Lipinski definition) is 3. The lowest BCUT2D eigenvalue weighted by Crippen LogP contribution is -2.26. The minimum atomic E-state index is -0.273. The number of aromatic nitrogens is 1. The Balaban J connectivity index is 1.57. The predicted octanol–water partition coefficient (Wildman–Crippen LogP) is 2.97. The van der Waals surface area contributed by atoms with Crippen molar-refractivity contribution in [1.82, 2.24) is 10.3 Å². The molecule has 2 aromatic carbocycles. The van der Waals surface area contributed by atoms with Crippen LogP contribution in [0.3, 0.4) is 0 Å². The second kappa shape index (κ2) is 8.49. The molecule has 0 aliphatic carbocycles. The number of aryl methyl sites for hydroxylation is 1. The molecule has 3 aromatic rings. The van der Waals surface area contributed by atoms with Crippen molar-refractivity contribution in [3.05, 3.63) is 75.8 Å². The van der Waals surface area contributed by atoms with Crippen LogP contribution in [0.15, 0.2) is 53.3 Å². The molecule has 27 heavy (non-hydrogen) atoms. The molecular formula is C21H21FN2O3. The quantitative estimate of drug-likeness (QED) is 0.674. The summed E-state index contributed by atoms with van der Waals surface area (Å²) in [6, 6.07) is 13.7. The van der Waals surface area contributed by atoms with Crippen LogP contribution in [-0.2, 0) is 17.6 Å². The number of amides is 1. The highest BCUT2D eigenvalue weighted by Gasteiger charge is 2.08. The fourth-order valence-corrected chi connectivity index (χ4v) is 2.92. The SMILES string of the molecule is COc1ccc2[nH]c(=O)c(CCC(=O)NCCc3ccccc3F)cc2c1. The highest BCUT2D eigenvalue weighted by molar-refractivity contribution is 5.81. The second-order valence-corrected chi connectivity index (χ2v) is 6.27. The summed E-state index contributed by atoms with van der Waals surface area (Å²) < 4.78 is 18.7. The molecular weight excluding hydrogens is 347 g/mol. The minimum absolute atomic E-state index is 0.170. The van der Waals surface area contributed by atoms with E-state index in [2.05, 4.69) is 10.3 Å². The van der Waals surface area contributed by atoms with E-state index in [1.54, 1.807) is 43.5 Å². The van der Waals surface area contributed by atoms with E-state index >= 15 is 0 Å². The topological polar surface area (TPSA) is 71.2 Å². The zero-order chi connectivity index (χ0) is 19.2. The zero-order valence-corrected chi connectivity index (χ0v) is 15.0. The van der Waals surface area contributed by atoms with Crippen molar-refractivity contribution >= 4 is 16.8 Å². The van der Waals surface area contributed by atoms with Crippen LogP contribution in [0.25, 0.3) is 10.9 Å². The molecule has 1 amide bonds. The first-order chi connectivity index (χ1) is 13.1. The Morgan fingerprint density at radius 3 is 2.70 bits per heavy atom. The Bertz CT molecular complexity index is 1010. The van der Waals surface area contributed by atoms with Crippen molar-refractivity contribution in [1.29, 1.82) is 0 Å². The molecule has 0 aliphatic rings. The molecule has 5 nitrogen and oxygen atoms in total. The number of methoxy groups -OCH3 is 1. The number of nitrogens with one attached hydrogen (secondary N) is 2. The van der Waals surface area contributed by atoms with E-state index in [-0.39, 0.29) is 23.7 Å². The number of carbonyl (C=O) groups is 1. The number of ether oxygens (including phenoxy) is 1. The van der Waals surface area contributed by atoms with Crippen LogP contribution in [0.4, 0.5) is 4.39 Å². The van der Waals surface area contributed by atoms with Gasteiger partial charge in [0.25, 0.3) is 5.56 Å². The van der Waals surface area contributed by atoms with Crippen LogP contribution < -0.4 is 15.6 Å². The van der Waals surface area contributed by atoms with Gasteiger partial charge in [-0.05, 0) is 48.7 Å². The number of halogens is 1. The van der Waals surface area contributed by atoms with E-state index in [1.165, 1.54) is 6.07 Å². The standard InChI is InChI=1S/C21H21FN2O3/c1-27-17-7-8-19-16(13-17)12-15(21(26)24-19)6-9-20(25)23-11-10-14-4-2-3-5-18(14)22/h2-5,7-8,12-13H,6,9-11H2,1H3,(H,23,25)(H,24,26). The van der Waals surface area contributed by atoms with Gasteiger partial charge >= 0.3 is 0 Å². The number of fused-ring (bicyclic) bond motifs is 1. The molecule has 0 saturated carbocycles. The van der Waals surface area contributed by atoms with Gasteiger partial charge in [0.2, 0.25) is 5.91 Å². The van der Waals surface area contributed by atoms with Gasteiger partial charge in [-0.15, -0.1) is 0 Å². The lowest BCUT2D eigenvalue weighted by molar-refractivity contribution is -0.121. The molecule has 0 saturated heterocycles. The number of hydrogen-bond donors (Lipinski definition) is 2. The minimum Gasteiger partial charge on any atom is -0.497 e. The van der Waals surface area contributed by atoms with E-state index < -0.39 is 0 Å². The average molecular weight is 368 g/mol. The molecule has 0 atom stereocenters. The van der Waals surface area contributed by atoms with Crippen LogP contribution in [0.1, 0.15) is 17.5 Å². The average Bonchev–Trinajstić information content (AvgIpc) is 2.67. The van der Waals surface area contributed by atoms with Gasteiger partial charge in [-0.3, -0.25) is 9.59 Å². The molecule has 0 fully saturated rings. The van der Waals surface area contributed by atoms with E-state index in [0.717, 1.165) is 10.9 Å². The van der Waals surface area contributed by atoms with E-state index in [9.17, 15) is 14.0 Å². The maximum absolute atomic E-state index is 13.5. The van der Waals surface area contributed by atoms with E-state index in [1.807, 2.05) is 6.07 Å². The molecule has 1 aromatic heterocycles. The number of benzene rings is 2. The van der Waals surface area contributed by atoms with Gasteiger partial charge in [0.1, 0.15) is 11.6 Å². The normalized spacial score (nSPS) is 10.7. The monoisotopic (exact) mass is 368 g/mol. The first-order valence-corrected chi connectivity index (χ1v) is 8.77. The number of pyridine rings is 1. The second-order valence-electron chi connectivity index (χ2n) is 6.27. The van der Waals surface area contributed by atoms with Crippen molar-refractivity contribution in [3.63, 3.8) is 0 Å². The number of rotatable bonds is 7. The van der Waals surface area contributed by atoms with Crippen molar-refractivity contribution in [3.8, 4) is 5.75 Å². The summed E-state index contributed by atoms with van der Waals surface area (Å²) >= 11 is 0. The Hall–Kier alpha value is -3.15. The highest BCUT2D eigenvalue weighted by atomic mass is 19.1. The fourth-order valence-electron chi connectivity index (χ4n) is 2.92. The lowest BCUT2D eigenvalue weighted by Gasteiger charge is -2.07. The van der Waals surface area contributed by atoms with Gasteiger partial charge in [-0.1, -0.05) is 18.2 Å². The van der Waals surface area contributed by atoms with E-state index in [4.69, 9.17) is 4.74 Å². The predicted molar refractivity (Wildman–Crippen MR) is 103 cm³/mol. The summed E-state index contributed by atoms with van der Waals surface area (Å²) in [5, 5.41) is 3.62. The molecule has 0 radical (unpaired) electrons. The summed E-state index contributed by atoms with van der Waals surface area (Å²) in [5.41, 5.74) is 1.63. The van der Waals surface area contributed by atoms with Crippen LogP contribution in [0.5, 0.6) is 5.75 Å². The van der Waals surface area contributed by atoms with Crippen molar-refractivity contribution in [2.75, 3.05) is 13.7 Å². The summed E-state index contributed by atoms with van der Waals surface area (Å²) in [6.45, 7) is 0.352. The maximum atomic E-state index is 13.5. The van der Waals surface area contributed by atoms with Gasteiger partial charge in [0.15, 0.2) is 0 Å². The largest absolute Gasteiger partial charge is 0.497 e. The summed E-state index contributed by atoms with van der Waals surface area (Å²) in [5.74, 6) is 0.257. The Kier molecular flexibility index (Phi) is 5.86. The van der Waals surface area contributed by atoms with Crippen molar-refractivity contribution in [2.45, 2.75) is 19.3 Å². The van der Waals surface area contributed by atoms with Crippen LogP contribution in [0, 0.1) is 5.82 Å². The summed E-state index contributed by atoms with van der Waals surface area (Å²) in [7, 11) is 1.58. The third-order valence-electron chi connectivity index (χ3n) is 4.42. The molecule has 3 rings (SSSR count). The van der Waals surface area contributed by atoms with Crippen LogP contribution in [0.2, 0.25) is 0 Å². The van der Waals surface area contributed by atoms with Crippen molar-refractivity contribution < 1.29 is 13.9 Å². The maximum Gasteiger partial charge on any atom is 0.251 e. The van der Waals surface area contributed by atoms with Crippen molar-refractivity contribution in [2.24, 2.45) is 0 Å². The number of H-pyrrole nitrogens is 1. The molecule has 1 heterocycles. The van der Waals surface area contributed by atoms with Gasteiger partial charge in [-0.2, -0.15) is 0 Å². The first-order valence-electron chi connectivity index (χ1n) is 8.77. The highest BCUT2D eigenvalue weighted by Crippen LogP contribution is 2.19. The zero-order valence-electron chi connectivity index (χ0n) is 15.0. The Labute approximate surface area is 156 Å². The van der Waals surface area contributed by atoms with Gasteiger partial charge in [0, 0.05) is 29.4 Å². The first kappa shape index (κ1) is 18.6. The molecule has 0 aliphatic heterocycles. The van der Waals surface area contributed by atoms with Gasteiger partial charge < -0.3 is 15.0 Å². The van der Waals surface area contributed by atoms with Crippen LogP contribution >= 0.6 is 0 Å². The molecule has 6 heteroatoms. The number of aromatic amines is 1. The summed E-state index contributed by atoms with van der Waals surface area (Å²) in [6.07, 6.45) is 0.943. The molecule has 0 unspecified atom stereocenters. The van der Waals surface area contributed by atoms with Crippen LogP contribution in [-0.4, -0.2) is 24.5 Å². The van der Waals surface area contributed by atoms with Gasteiger partial charge in [-0.25, -0.2) is 4.39 Å². The molecule has 0 spiro atoms. The van der Waals surface area contributed by atoms with E-state index in [0.29, 0.717) is 36.3 Å². The smallest absolute Gasteiger partial charge is 0.251 e. The number of carbonyl (C=O) groups excluding carboxylic acids is 1. The molecule has 140 valence electrons.